The molecule has 0 aromatic rings. The van der Waals surface area contributed by atoms with Crippen molar-refractivity contribution < 1.29 is 12.9 Å². The van der Waals surface area contributed by atoms with Crippen LogP contribution in [-0.2, 0) is 12.9 Å². The van der Waals surface area contributed by atoms with E-state index >= 15 is 0 Å². The molecule has 0 aliphatic rings. The van der Waals surface area contributed by atoms with Crippen molar-refractivity contribution in [1.82, 2.24) is 0 Å². The normalized spacial score (nSPS) is 5.50. The second-order valence-corrected chi connectivity index (χ2v) is 1.77. The second-order valence-electron chi connectivity index (χ2n) is 0.0476. The Morgan fingerprint density at radius 1 is 1.25 bits per heavy atom. The van der Waals surface area contributed by atoms with Crippen molar-refractivity contribution in [3.8, 4) is 0 Å². The molecule has 4 heavy (non-hydrogen) atoms. The summed E-state index contributed by atoms with van der Waals surface area (Å²) in [5.41, 5.74) is 0. The number of rotatable bonds is 0. The van der Waals surface area contributed by atoms with Crippen LogP contribution in [0.1, 0.15) is 0 Å². The van der Waals surface area contributed by atoms with E-state index in [0.717, 1.165) is 0 Å². The van der Waals surface area contributed by atoms with Gasteiger partial charge in [0.05, 0.1) is 0 Å². The molecule has 0 aliphatic carbocycles. The fourth-order valence-electron chi connectivity index (χ4n) is 0. The first-order chi connectivity index (χ1) is 1.41. The van der Waals surface area contributed by atoms with E-state index in [1.807, 2.05) is 0 Å². The van der Waals surface area contributed by atoms with Crippen LogP contribution in [0.5, 0.6) is 0 Å². The Hall–Kier alpha value is 1.44. The van der Waals surface area contributed by atoms with Crippen molar-refractivity contribution >= 4 is 33.8 Å². The van der Waals surface area contributed by atoms with Gasteiger partial charge in [-0.15, -0.1) is 0 Å². The van der Waals surface area contributed by atoms with Gasteiger partial charge in [-0.3, -0.25) is 0 Å². The van der Waals surface area contributed by atoms with Gasteiger partial charge in [-0.05, 0) is 0 Å². The summed E-state index contributed by atoms with van der Waals surface area (Å²) in [5.74, 6) is 0. The predicted octanol–water partition coefficient (Wildman–Crippen LogP) is 1.49. The molecule has 0 saturated heterocycles. The summed E-state index contributed by atoms with van der Waals surface area (Å²) >= 11 is 0.382. The van der Waals surface area contributed by atoms with Crippen LogP contribution in [0.4, 0.5) is 0 Å². The van der Waals surface area contributed by atoms with Crippen molar-refractivity contribution in [3.05, 3.63) is 0 Å². The first kappa shape index (κ1) is 9.06. The fourth-order valence-corrected chi connectivity index (χ4v) is 0. The summed E-state index contributed by atoms with van der Waals surface area (Å²) in [6, 6.07) is 0. The summed E-state index contributed by atoms with van der Waals surface area (Å²) in [5, 5.41) is 0. The molecule has 0 saturated carbocycles. The zero-order valence-corrected chi connectivity index (χ0v) is 5.14. The van der Waals surface area contributed by atoms with Crippen molar-refractivity contribution in [2.75, 3.05) is 0 Å². The van der Waals surface area contributed by atoms with Crippen LogP contribution in [0.25, 0.3) is 0 Å². The van der Waals surface area contributed by atoms with Crippen LogP contribution in [-0.4, -0.2) is 0 Å². The van der Waals surface area contributed by atoms with Crippen LogP contribution in [0.15, 0.2) is 0 Å². The molecule has 31 valence electrons. The van der Waals surface area contributed by atoms with Gasteiger partial charge >= 0.3 is 33.2 Å². The Kier molecular flexibility index (Phi) is 20.0. The van der Waals surface area contributed by atoms with E-state index in [9.17, 15) is 0 Å². The van der Waals surface area contributed by atoms with Gasteiger partial charge in [-0.1, -0.05) is 0 Å². The molecule has 0 radical (unpaired) electrons. The van der Waals surface area contributed by atoms with Crippen molar-refractivity contribution in [1.29, 1.82) is 0 Å². The Balaban J connectivity index is 0. The van der Waals surface area contributed by atoms with Gasteiger partial charge in [0.1, 0.15) is 0 Å². The molecule has 0 aliphatic heterocycles. The summed E-state index contributed by atoms with van der Waals surface area (Å²) in [6.07, 6.45) is 0. The standard InChI is InChI=1S/2ClH.Co.H2S/h2*1H;;1H2/q;;+2;/p-2. The van der Waals surface area contributed by atoms with Gasteiger partial charge in [0.15, 0.2) is 0 Å². The molecule has 0 fully saturated rings. The van der Waals surface area contributed by atoms with Crippen molar-refractivity contribution in [3.63, 3.8) is 0 Å². The van der Waals surface area contributed by atoms with Crippen LogP contribution in [0, 0.1) is 0 Å². The third-order valence-corrected chi connectivity index (χ3v) is 0. The van der Waals surface area contributed by atoms with Gasteiger partial charge in [0.2, 0.25) is 0 Å². The molecule has 0 rings (SSSR count). The maximum atomic E-state index is 4.73. The number of hydrogen-bond acceptors (Lipinski definition) is 0. The molecule has 0 nitrogen and oxygen atoms in total. The van der Waals surface area contributed by atoms with Crippen LogP contribution < -0.4 is 0 Å². The minimum atomic E-state index is 0. The fraction of sp³-hybridized carbons (Fsp3) is 0. The van der Waals surface area contributed by atoms with Crippen LogP contribution >= 0.6 is 33.8 Å². The first-order valence-corrected chi connectivity index (χ1v) is 3.12. The van der Waals surface area contributed by atoms with Gasteiger partial charge in [-0.2, -0.15) is 13.5 Å². The average molecular weight is 164 g/mol. The SMILES string of the molecule is S.[Cl][Co][Cl]. The Bertz CT molecular complexity index is 6.00. The third-order valence-electron chi connectivity index (χ3n) is 0. The molecule has 0 aromatic heterocycles. The molecule has 0 bridgehead atoms. The van der Waals surface area contributed by atoms with Crippen molar-refractivity contribution in [2.24, 2.45) is 0 Å². The monoisotopic (exact) mass is 163 g/mol. The molecule has 0 atom stereocenters. The molecule has 0 amide bonds. The molecule has 0 aromatic carbocycles. The minimum absolute atomic E-state index is 0. The maximum absolute atomic E-state index is 4.73. The topological polar surface area (TPSA) is 0 Å². The molecule has 0 unspecified atom stereocenters. The number of hydrogen-bond donors (Lipinski definition) is 0. The first-order valence-electron chi connectivity index (χ1n) is 0.252. The van der Waals surface area contributed by atoms with E-state index in [-0.39, 0.29) is 13.5 Å². The third kappa shape index (κ3) is 9.89. The zero-order valence-electron chi connectivity index (χ0n) is 1.59. The summed E-state index contributed by atoms with van der Waals surface area (Å²) < 4.78 is 0. The molecular weight excluding hydrogens is 162 g/mol. The average Bonchev–Trinajstić information content (AvgIpc) is 0.918. The molecule has 0 heterocycles. The molecule has 4 heteroatoms. The van der Waals surface area contributed by atoms with Gasteiger partial charge in [0, 0.05) is 0 Å². The van der Waals surface area contributed by atoms with Crippen LogP contribution in [0.2, 0.25) is 0 Å². The summed E-state index contributed by atoms with van der Waals surface area (Å²) in [4.78, 5) is 0. The summed E-state index contributed by atoms with van der Waals surface area (Å²) in [6.45, 7) is 0. The predicted molar refractivity (Wildman–Crippen MR) is 22.1 cm³/mol. The van der Waals surface area contributed by atoms with Crippen molar-refractivity contribution in [2.45, 2.75) is 0 Å². The van der Waals surface area contributed by atoms with E-state index in [4.69, 9.17) is 20.3 Å². The zero-order chi connectivity index (χ0) is 2.71. The molecule has 0 N–H and O–H groups in total. The van der Waals surface area contributed by atoms with E-state index in [0.29, 0.717) is 12.9 Å². The Morgan fingerprint density at radius 2 is 1.25 bits per heavy atom. The molecular formula is H2Cl2CoS. The Labute approximate surface area is 46.8 Å². The van der Waals surface area contributed by atoms with E-state index in [1.165, 1.54) is 0 Å². The summed E-state index contributed by atoms with van der Waals surface area (Å²) in [7, 11) is 9.47. The Morgan fingerprint density at radius 3 is 1.25 bits per heavy atom. The second kappa shape index (κ2) is 8.83. The van der Waals surface area contributed by atoms with Gasteiger partial charge < -0.3 is 0 Å². The van der Waals surface area contributed by atoms with Crippen LogP contribution in [0.3, 0.4) is 0 Å². The van der Waals surface area contributed by atoms with E-state index in [2.05, 4.69) is 0 Å². The van der Waals surface area contributed by atoms with Gasteiger partial charge in [-0.25, -0.2) is 0 Å². The van der Waals surface area contributed by atoms with E-state index in [1.54, 1.807) is 0 Å². The van der Waals surface area contributed by atoms with Gasteiger partial charge in [0.25, 0.3) is 0 Å². The van der Waals surface area contributed by atoms with E-state index < -0.39 is 0 Å². The molecule has 0 spiro atoms. The number of halogens is 2. The quantitative estimate of drug-likeness (QED) is 0.508.